The lowest BCUT2D eigenvalue weighted by molar-refractivity contribution is -0.116. The number of aromatic nitrogens is 1. The van der Waals surface area contributed by atoms with Crippen molar-refractivity contribution in [1.82, 2.24) is 10.3 Å². The van der Waals surface area contributed by atoms with Crippen LogP contribution in [0.1, 0.15) is 36.0 Å². The Morgan fingerprint density at radius 1 is 1.04 bits per heavy atom. The van der Waals surface area contributed by atoms with Gasteiger partial charge >= 0.3 is 0 Å². The summed E-state index contributed by atoms with van der Waals surface area (Å²) in [4.78, 5) is 28.1. The molecule has 0 saturated carbocycles. The summed E-state index contributed by atoms with van der Waals surface area (Å²) >= 11 is 1.26. The van der Waals surface area contributed by atoms with E-state index in [-0.39, 0.29) is 17.6 Å². The number of halogens is 1. The summed E-state index contributed by atoms with van der Waals surface area (Å²) in [7, 11) is 0. The normalized spacial score (nSPS) is 10.7. The summed E-state index contributed by atoms with van der Waals surface area (Å²) < 4.78 is 13.9. The number of nitrogens with one attached hydrogen (secondary N) is 2. The molecule has 5 nitrogen and oxygen atoms in total. The molecule has 2 aromatic carbocycles. The van der Waals surface area contributed by atoms with Crippen molar-refractivity contribution in [1.29, 1.82) is 0 Å². The molecule has 0 unspecified atom stereocenters. The van der Waals surface area contributed by atoms with E-state index in [1.54, 1.807) is 18.2 Å². The van der Waals surface area contributed by atoms with Gasteiger partial charge in [0.15, 0.2) is 5.13 Å². The Hall–Kier alpha value is -2.80. The number of benzene rings is 2. The Morgan fingerprint density at radius 3 is 2.67 bits per heavy atom. The first-order valence-electron chi connectivity index (χ1n) is 8.81. The number of amides is 2. The summed E-state index contributed by atoms with van der Waals surface area (Å²) in [6.45, 7) is 0.582. The summed E-state index contributed by atoms with van der Waals surface area (Å²) in [5.41, 5.74) is 1.32. The van der Waals surface area contributed by atoms with Gasteiger partial charge in [-0.3, -0.25) is 9.59 Å². The number of unbranched alkanes of at least 4 members (excludes halogenated alkanes) is 2. The minimum Gasteiger partial charge on any atom is -0.352 e. The number of rotatable bonds is 8. The average Bonchev–Trinajstić information content (AvgIpc) is 3.06. The number of hydrogen-bond donors (Lipinski definition) is 2. The van der Waals surface area contributed by atoms with Crippen LogP contribution in [-0.4, -0.2) is 23.3 Å². The first-order chi connectivity index (χ1) is 13.1. The van der Waals surface area contributed by atoms with Crippen molar-refractivity contribution in [3.63, 3.8) is 0 Å². The Bertz CT molecular complexity index is 927. The van der Waals surface area contributed by atoms with Gasteiger partial charge in [0.25, 0.3) is 5.91 Å². The molecule has 0 fully saturated rings. The second-order valence-electron chi connectivity index (χ2n) is 6.11. The highest BCUT2D eigenvalue weighted by atomic mass is 32.1. The lowest BCUT2D eigenvalue weighted by atomic mass is 10.1. The van der Waals surface area contributed by atoms with Gasteiger partial charge in [-0.25, -0.2) is 9.37 Å². The van der Waals surface area contributed by atoms with Crippen molar-refractivity contribution >= 4 is 38.5 Å². The van der Waals surface area contributed by atoms with Crippen LogP contribution in [0, 0.1) is 5.82 Å². The highest BCUT2D eigenvalue weighted by Gasteiger charge is 2.08. The van der Waals surface area contributed by atoms with Crippen LogP contribution in [0.3, 0.4) is 0 Å². The molecule has 3 aromatic rings. The summed E-state index contributed by atoms with van der Waals surface area (Å²) in [5, 5.41) is 6.11. The maximum Gasteiger partial charge on any atom is 0.251 e. The third kappa shape index (κ3) is 5.59. The Morgan fingerprint density at radius 2 is 1.85 bits per heavy atom. The summed E-state index contributed by atoms with van der Waals surface area (Å²) in [5.74, 6) is -0.508. The third-order valence-electron chi connectivity index (χ3n) is 4.00. The van der Waals surface area contributed by atoms with Crippen LogP contribution in [0.4, 0.5) is 9.52 Å². The van der Waals surface area contributed by atoms with E-state index in [4.69, 9.17) is 0 Å². The second kappa shape index (κ2) is 9.23. The number of anilines is 1. The van der Waals surface area contributed by atoms with Gasteiger partial charge < -0.3 is 10.6 Å². The van der Waals surface area contributed by atoms with Crippen LogP contribution < -0.4 is 10.6 Å². The van der Waals surface area contributed by atoms with E-state index in [9.17, 15) is 14.0 Å². The summed E-state index contributed by atoms with van der Waals surface area (Å²) in [6, 6.07) is 13.4. The van der Waals surface area contributed by atoms with Gasteiger partial charge in [0.2, 0.25) is 5.91 Å². The second-order valence-corrected chi connectivity index (χ2v) is 7.14. The molecule has 0 spiro atoms. The molecule has 2 N–H and O–H groups in total. The maximum absolute atomic E-state index is 13.2. The molecule has 140 valence electrons. The van der Waals surface area contributed by atoms with Crippen molar-refractivity contribution in [2.45, 2.75) is 25.7 Å². The number of nitrogens with zero attached hydrogens (tertiary/aromatic N) is 1. The zero-order valence-corrected chi connectivity index (χ0v) is 15.5. The fraction of sp³-hybridized carbons (Fsp3) is 0.250. The van der Waals surface area contributed by atoms with Crippen LogP contribution in [0.2, 0.25) is 0 Å². The van der Waals surface area contributed by atoms with E-state index in [1.807, 2.05) is 18.2 Å². The predicted octanol–water partition coefficient (Wildman–Crippen LogP) is 4.36. The highest BCUT2D eigenvalue weighted by Crippen LogP contribution is 2.26. The Kier molecular flexibility index (Phi) is 6.49. The molecule has 0 saturated heterocycles. The van der Waals surface area contributed by atoms with Crippen molar-refractivity contribution in [2.24, 2.45) is 0 Å². The van der Waals surface area contributed by atoms with Crippen molar-refractivity contribution in [3.8, 4) is 0 Å². The lowest BCUT2D eigenvalue weighted by Gasteiger charge is -2.05. The number of hydrogen-bond acceptors (Lipinski definition) is 4. The number of fused-ring (bicyclic) bond motifs is 1. The average molecular weight is 385 g/mol. The number of thiazole rings is 1. The van der Waals surface area contributed by atoms with Crippen molar-refractivity contribution in [2.75, 3.05) is 11.9 Å². The number of carbonyl (C=O) groups is 2. The van der Waals surface area contributed by atoms with Crippen LogP contribution in [0.15, 0.2) is 48.5 Å². The van der Waals surface area contributed by atoms with Crippen LogP contribution in [-0.2, 0) is 4.79 Å². The van der Waals surface area contributed by atoms with Gasteiger partial charge in [-0.05, 0) is 43.2 Å². The topological polar surface area (TPSA) is 71.1 Å². The van der Waals surface area contributed by atoms with E-state index in [0.717, 1.165) is 19.3 Å². The molecular weight excluding hydrogens is 365 g/mol. The van der Waals surface area contributed by atoms with Crippen molar-refractivity contribution in [3.05, 3.63) is 59.9 Å². The zero-order valence-electron chi connectivity index (χ0n) is 14.7. The first kappa shape index (κ1) is 19.0. The fourth-order valence-electron chi connectivity index (χ4n) is 2.61. The molecule has 1 heterocycles. The van der Waals surface area contributed by atoms with E-state index in [0.29, 0.717) is 33.9 Å². The minimum atomic E-state index is -0.316. The molecule has 0 bridgehead atoms. The standard InChI is InChI=1S/C20H20FN3O2S/c21-15-10-11-16-17(13-15)27-20(23-16)24-18(25)9-5-2-6-12-22-19(26)14-7-3-1-4-8-14/h1,3-4,7-8,10-11,13H,2,5-6,9,12H2,(H,22,26)(H,23,24,25). The van der Waals surface area contributed by atoms with Gasteiger partial charge in [-0.2, -0.15) is 0 Å². The molecule has 3 rings (SSSR count). The van der Waals surface area contributed by atoms with Gasteiger partial charge in [0.1, 0.15) is 5.82 Å². The lowest BCUT2D eigenvalue weighted by Crippen LogP contribution is -2.24. The molecule has 0 aliphatic rings. The monoisotopic (exact) mass is 385 g/mol. The molecule has 0 atom stereocenters. The van der Waals surface area contributed by atoms with Gasteiger partial charge in [0, 0.05) is 18.5 Å². The van der Waals surface area contributed by atoms with Crippen LogP contribution in [0.25, 0.3) is 10.2 Å². The van der Waals surface area contributed by atoms with E-state index < -0.39 is 0 Å². The SMILES string of the molecule is O=C(CCCCCNC(=O)c1ccccc1)Nc1nc2ccc(F)cc2s1. The Balaban J connectivity index is 1.33. The van der Waals surface area contributed by atoms with Gasteiger partial charge in [0.05, 0.1) is 10.2 Å². The van der Waals surface area contributed by atoms with Gasteiger partial charge in [-0.1, -0.05) is 36.0 Å². The molecule has 0 radical (unpaired) electrons. The molecule has 27 heavy (non-hydrogen) atoms. The molecule has 2 amide bonds. The molecule has 0 aliphatic carbocycles. The van der Waals surface area contributed by atoms with Crippen LogP contribution >= 0.6 is 11.3 Å². The van der Waals surface area contributed by atoms with Gasteiger partial charge in [-0.15, -0.1) is 0 Å². The molecular formula is C20H20FN3O2S. The van der Waals surface area contributed by atoms with E-state index in [2.05, 4.69) is 15.6 Å². The minimum absolute atomic E-state index is 0.0828. The van der Waals surface area contributed by atoms with E-state index >= 15 is 0 Å². The van der Waals surface area contributed by atoms with Crippen LogP contribution in [0.5, 0.6) is 0 Å². The molecule has 7 heteroatoms. The Labute approximate surface area is 160 Å². The molecule has 1 aromatic heterocycles. The van der Waals surface area contributed by atoms with E-state index in [1.165, 1.54) is 23.5 Å². The largest absolute Gasteiger partial charge is 0.352 e. The van der Waals surface area contributed by atoms with Crippen molar-refractivity contribution < 1.29 is 14.0 Å². The highest BCUT2D eigenvalue weighted by molar-refractivity contribution is 7.22. The smallest absolute Gasteiger partial charge is 0.251 e. The molecule has 0 aliphatic heterocycles. The fourth-order valence-corrected chi connectivity index (χ4v) is 3.52. The predicted molar refractivity (Wildman–Crippen MR) is 105 cm³/mol. The quantitative estimate of drug-likeness (QED) is 0.566. The zero-order chi connectivity index (χ0) is 19.1. The first-order valence-corrected chi connectivity index (χ1v) is 9.63. The number of carbonyl (C=O) groups excluding carboxylic acids is 2. The maximum atomic E-state index is 13.2. The summed E-state index contributed by atoms with van der Waals surface area (Å²) in [6.07, 6.45) is 2.77. The third-order valence-corrected chi connectivity index (χ3v) is 4.93.